The molecule has 0 bridgehead atoms. The average molecular weight is 281 g/mol. The summed E-state index contributed by atoms with van der Waals surface area (Å²) in [4.78, 5) is 21.0. The van der Waals surface area contributed by atoms with Crippen molar-refractivity contribution in [3.05, 3.63) is 10.6 Å². The van der Waals surface area contributed by atoms with Crippen LogP contribution in [-0.2, 0) is 0 Å². The Labute approximate surface area is 116 Å². The second-order valence-electron chi connectivity index (χ2n) is 5.34. The Morgan fingerprint density at radius 1 is 1.37 bits per heavy atom. The highest BCUT2D eigenvalue weighted by Gasteiger charge is 2.30. The normalized spacial score (nSPS) is 24.3. The van der Waals surface area contributed by atoms with Gasteiger partial charge in [-0.1, -0.05) is 0 Å². The minimum absolute atomic E-state index is 0.215. The van der Waals surface area contributed by atoms with Crippen LogP contribution in [0.1, 0.15) is 34.6 Å². The van der Waals surface area contributed by atoms with Gasteiger partial charge in [-0.15, -0.1) is 11.3 Å². The van der Waals surface area contributed by atoms with Gasteiger partial charge in [0, 0.05) is 30.6 Å². The van der Waals surface area contributed by atoms with Gasteiger partial charge in [-0.05, 0) is 32.7 Å². The standard InChI is InChI=1S/C13H19N3O2S/c1-9-11(12(17)18)14-13(19-9)16-7-3-6-15-5-2-4-10(15)8-16/h10H,2-8H2,1H3,(H,17,18). The SMILES string of the molecule is Cc1sc(N2CCCN3CCCC3C2)nc1C(=O)O. The lowest BCUT2D eigenvalue weighted by Gasteiger charge is -2.25. The fourth-order valence-electron chi connectivity index (χ4n) is 3.10. The molecule has 0 radical (unpaired) electrons. The largest absolute Gasteiger partial charge is 0.476 e. The minimum Gasteiger partial charge on any atom is -0.476 e. The van der Waals surface area contributed by atoms with Crippen molar-refractivity contribution in [2.75, 3.05) is 31.1 Å². The summed E-state index contributed by atoms with van der Waals surface area (Å²) in [5, 5.41) is 9.98. The summed E-state index contributed by atoms with van der Waals surface area (Å²) in [7, 11) is 0. The molecule has 19 heavy (non-hydrogen) atoms. The van der Waals surface area contributed by atoms with E-state index in [2.05, 4.69) is 14.8 Å². The molecule has 6 heteroatoms. The molecule has 0 aromatic carbocycles. The van der Waals surface area contributed by atoms with E-state index < -0.39 is 5.97 Å². The molecule has 3 heterocycles. The number of thiazole rings is 1. The third kappa shape index (κ3) is 2.47. The number of aryl methyl sites for hydroxylation is 1. The Kier molecular flexibility index (Phi) is 3.45. The Morgan fingerprint density at radius 3 is 2.89 bits per heavy atom. The zero-order valence-corrected chi connectivity index (χ0v) is 11.9. The average Bonchev–Trinajstić information content (AvgIpc) is 2.91. The number of nitrogens with zero attached hydrogens (tertiary/aromatic N) is 3. The Bertz CT molecular complexity index is 488. The first-order valence-corrected chi connectivity index (χ1v) is 7.66. The first-order valence-electron chi connectivity index (χ1n) is 6.85. The van der Waals surface area contributed by atoms with Gasteiger partial charge in [-0.25, -0.2) is 9.78 Å². The molecule has 1 atom stereocenters. The second-order valence-corrected chi connectivity index (χ2v) is 6.52. The van der Waals surface area contributed by atoms with Crippen LogP contribution in [0.5, 0.6) is 0 Å². The van der Waals surface area contributed by atoms with Crippen LogP contribution < -0.4 is 4.90 Å². The third-order valence-corrected chi connectivity index (χ3v) is 5.09. The van der Waals surface area contributed by atoms with Crippen molar-refractivity contribution in [3.8, 4) is 0 Å². The maximum atomic E-state index is 11.1. The highest BCUT2D eigenvalue weighted by molar-refractivity contribution is 7.15. The maximum Gasteiger partial charge on any atom is 0.355 e. The highest BCUT2D eigenvalue weighted by atomic mass is 32.1. The second kappa shape index (κ2) is 5.09. The Morgan fingerprint density at radius 2 is 2.16 bits per heavy atom. The molecule has 2 aliphatic rings. The van der Waals surface area contributed by atoms with Gasteiger partial charge in [0.2, 0.25) is 0 Å². The molecule has 1 N–H and O–H groups in total. The Balaban J connectivity index is 1.81. The number of carbonyl (C=O) groups is 1. The predicted molar refractivity (Wildman–Crippen MR) is 75.2 cm³/mol. The van der Waals surface area contributed by atoms with Gasteiger partial charge in [-0.3, -0.25) is 4.90 Å². The highest BCUT2D eigenvalue weighted by Crippen LogP contribution is 2.29. The molecule has 2 fully saturated rings. The third-order valence-electron chi connectivity index (χ3n) is 4.06. The van der Waals surface area contributed by atoms with E-state index in [1.807, 2.05) is 6.92 Å². The number of anilines is 1. The molecule has 1 unspecified atom stereocenters. The lowest BCUT2D eigenvalue weighted by Crippen LogP contribution is -2.36. The van der Waals surface area contributed by atoms with Gasteiger partial charge in [-0.2, -0.15) is 0 Å². The fourth-order valence-corrected chi connectivity index (χ4v) is 4.03. The van der Waals surface area contributed by atoms with Crippen LogP contribution in [0.2, 0.25) is 0 Å². The maximum absolute atomic E-state index is 11.1. The van der Waals surface area contributed by atoms with Crippen LogP contribution in [0.25, 0.3) is 0 Å². The lowest BCUT2D eigenvalue weighted by molar-refractivity contribution is 0.0690. The quantitative estimate of drug-likeness (QED) is 0.896. The van der Waals surface area contributed by atoms with E-state index >= 15 is 0 Å². The summed E-state index contributed by atoms with van der Waals surface area (Å²) in [5.41, 5.74) is 0.215. The number of carboxylic acids is 1. The van der Waals surface area contributed by atoms with Crippen molar-refractivity contribution in [2.24, 2.45) is 0 Å². The topological polar surface area (TPSA) is 56.7 Å². The molecule has 104 valence electrons. The molecule has 0 amide bonds. The van der Waals surface area contributed by atoms with E-state index in [1.54, 1.807) is 0 Å². The van der Waals surface area contributed by atoms with Crippen LogP contribution in [-0.4, -0.2) is 53.2 Å². The van der Waals surface area contributed by atoms with Crippen LogP contribution in [0.4, 0.5) is 5.13 Å². The predicted octanol–water partition coefficient (Wildman–Crippen LogP) is 1.82. The van der Waals surface area contributed by atoms with Crippen molar-refractivity contribution in [1.82, 2.24) is 9.88 Å². The molecule has 0 spiro atoms. The van der Waals surface area contributed by atoms with Crippen molar-refractivity contribution in [1.29, 1.82) is 0 Å². The van der Waals surface area contributed by atoms with E-state index in [4.69, 9.17) is 5.11 Å². The van der Waals surface area contributed by atoms with Crippen LogP contribution in [0.3, 0.4) is 0 Å². The summed E-state index contributed by atoms with van der Waals surface area (Å²) in [6.07, 6.45) is 3.68. The first kappa shape index (κ1) is 12.9. The first-order chi connectivity index (χ1) is 9.15. The molecule has 1 aromatic rings. The summed E-state index contributed by atoms with van der Waals surface area (Å²) in [6.45, 7) is 6.20. The van der Waals surface area contributed by atoms with Crippen molar-refractivity contribution in [3.63, 3.8) is 0 Å². The zero-order valence-electron chi connectivity index (χ0n) is 11.1. The van der Waals surface area contributed by atoms with E-state index in [9.17, 15) is 4.79 Å². The molecule has 5 nitrogen and oxygen atoms in total. The summed E-state index contributed by atoms with van der Waals surface area (Å²) >= 11 is 1.51. The van der Waals surface area contributed by atoms with Crippen LogP contribution in [0.15, 0.2) is 0 Å². The molecule has 0 saturated carbocycles. The molecule has 3 rings (SSSR count). The van der Waals surface area contributed by atoms with Crippen LogP contribution in [0, 0.1) is 6.92 Å². The van der Waals surface area contributed by atoms with E-state index in [-0.39, 0.29) is 5.69 Å². The van der Waals surface area contributed by atoms with Gasteiger partial charge in [0.15, 0.2) is 10.8 Å². The zero-order chi connectivity index (χ0) is 13.4. The smallest absolute Gasteiger partial charge is 0.355 e. The minimum atomic E-state index is -0.919. The van der Waals surface area contributed by atoms with E-state index in [0.717, 1.165) is 36.1 Å². The van der Waals surface area contributed by atoms with Gasteiger partial charge < -0.3 is 10.0 Å². The number of hydrogen-bond acceptors (Lipinski definition) is 5. The van der Waals surface area contributed by atoms with Crippen molar-refractivity contribution < 1.29 is 9.90 Å². The Hall–Kier alpha value is -1.14. The van der Waals surface area contributed by atoms with Gasteiger partial charge in [0.25, 0.3) is 0 Å². The van der Waals surface area contributed by atoms with E-state index in [1.165, 1.54) is 30.7 Å². The van der Waals surface area contributed by atoms with Crippen LogP contribution >= 0.6 is 11.3 Å². The summed E-state index contributed by atoms with van der Waals surface area (Å²) in [6, 6.07) is 0.625. The van der Waals surface area contributed by atoms with Crippen molar-refractivity contribution in [2.45, 2.75) is 32.2 Å². The fraction of sp³-hybridized carbons (Fsp3) is 0.692. The number of aromatic carboxylic acids is 1. The molecule has 2 saturated heterocycles. The number of hydrogen-bond donors (Lipinski definition) is 1. The molecular weight excluding hydrogens is 262 g/mol. The lowest BCUT2D eigenvalue weighted by atomic mass is 10.2. The van der Waals surface area contributed by atoms with Gasteiger partial charge in [0.05, 0.1) is 0 Å². The number of aromatic nitrogens is 1. The number of fused-ring (bicyclic) bond motifs is 1. The number of carboxylic acid groups (broad SMARTS) is 1. The molecular formula is C13H19N3O2S. The number of rotatable bonds is 2. The summed E-state index contributed by atoms with van der Waals surface area (Å²) in [5.74, 6) is -0.919. The van der Waals surface area contributed by atoms with Gasteiger partial charge >= 0.3 is 5.97 Å². The van der Waals surface area contributed by atoms with Gasteiger partial charge in [0.1, 0.15) is 0 Å². The van der Waals surface area contributed by atoms with E-state index in [0.29, 0.717) is 6.04 Å². The molecule has 2 aliphatic heterocycles. The van der Waals surface area contributed by atoms with Crippen molar-refractivity contribution >= 4 is 22.4 Å². The summed E-state index contributed by atoms with van der Waals surface area (Å²) < 4.78 is 0. The molecule has 1 aromatic heterocycles. The molecule has 0 aliphatic carbocycles. The monoisotopic (exact) mass is 281 g/mol.